The summed E-state index contributed by atoms with van der Waals surface area (Å²) in [7, 11) is 0. The number of rotatable bonds is 1. The highest BCUT2D eigenvalue weighted by atomic mass is 35.5. The molecule has 3 aromatic heterocycles. The van der Waals surface area contributed by atoms with E-state index in [4.69, 9.17) is 17.3 Å². The van der Waals surface area contributed by atoms with Crippen LogP contribution in [0.5, 0.6) is 0 Å². The van der Waals surface area contributed by atoms with Crippen LogP contribution in [0.3, 0.4) is 0 Å². The van der Waals surface area contributed by atoms with Crippen molar-refractivity contribution in [3.63, 3.8) is 0 Å². The smallest absolute Gasteiger partial charge is 0.137 e. The molecule has 0 bridgehead atoms. The standard InChI is InChI=1S/C13H11ClN4/c1-8-13(12-9(15)5-6-10(14)17-12)18-7-3-2-4-11(18)16-8/h2-7H,15H2,1H3. The van der Waals surface area contributed by atoms with Crippen molar-refractivity contribution in [1.29, 1.82) is 0 Å². The number of aromatic nitrogens is 3. The Bertz CT molecular complexity index is 733. The highest BCUT2D eigenvalue weighted by molar-refractivity contribution is 6.29. The van der Waals surface area contributed by atoms with Gasteiger partial charge in [0.25, 0.3) is 0 Å². The predicted octanol–water partition coefficient (Wildman–Crippen LogP) is 2.94. The van der Waals surface area contributed by atoms with Gasteiger partial charge in [-0.25, -0.2) is 9.97 Å². The van der Waals surface area contributed by atoms with E-state index in [2.05, 4.69) is 9.97 Å². The zero-order chi connectivity index (χ0) is 12.7. The van der Waals surface area contributed by atoms with Crippen LogP contribution in [0.1, 0.15) is 5.69 Å². The van der Waals surface area contributed by atoms with Crippen LogP contribution in [0, 0.1) is 6.92 Å². The van der Waals surface area contributed by atoms with E-state index in [0.29, 0.717) is 16.5 Å². The molecule has 0 atom stereocenters. The molecule has 4 nitrogen and oxygen atoms in total. The number of nitrogens with two attached hydrogens (primary N) is 1. The number of nitrogens with zero attached hydrogens (tertiary/aromatic N) is 3. The van der Waals surface area contributed by atoms with Crippen molar-refractivity contribution in [3.05, 3.63) is 47.4 Å². The second-order valence-electron chi connectivity index (χ2n) is 4.05. The maximum atomic E-state index is 5.98. The Kier molecular flexibility index (Phi) is 2.45. The van der Waals surface area contributed by atoms with Crippen LogP contribution in [-0.2, 0) is 0 Å². The molecule has 2 N–H and O–H groups in total. The quantitative estimate of drug-likeness (QED) is 0.683. The third kappa shape index (κ3) is 1.62. The minimum Gasteiger partial charge on any atom is -0.397 e. The largest absolute Gasteiger partial charge is 0.397 e. The number of hydrogen-bond donors (Lipinski definition) is 1. The van der Waals surface area contributed by atoms with E-state index in [1.54, 1.807) is 12.1 Å². The lowest BCUT2D eigenvalue weighted by Crippen LogP contribution is -1.97. The third-order valence-corrected chi connectivity index (χ3v) is 3.03. The minimum atomic E-state index is 0.421. The molecule has 0 aliphatic rings. The monoisotopic (exact) mass is 258 g/mol. The number of anilines is 1. The average Bonchev–Trinajstić information content (AvgIpc) is 2.68. The van der Waals surface area contributed by atoms with Crippen LogP contribution in [-0.4, -0.2) is 14.4 Å². The highest BCUT2D eigenvalue weighted by Gasteiger charge is 2.14. The molecule has 0 saturated carbocycles. The second-order valence-corrected chi connectivity index (χ2v) is 4.43. The average molecular weight is 259 g/mol. The molecule has 5 heteroatoms. The summed E-state index contributed by atoms with van der Waals surface area (Å²) in [5.74, 6) is 0. The van der Waals surface area contributed by atoms with Crippen LogP contribution in [0.15, 0.2) is 36.5 Å². The lowest BCUT2D eigenvalue weighted by Gasteiger charge is -2.06. The van der Waals surface area contributed by atoms with Gasteiger partial charge in [-0.15, -0.1) is 0 Å². The van der Waals surface area contributed by atoms with Gasteiger partial charge in [-0.05, 0) is 31.2 Å². The van der Waals surface area contributed by atoms with E-state index in [1.165, 1.54) is 0 Å². The van der Waals surface area contributed by atoms with E-state index in [-0.39, 0.29) is 0 Å². The summed E-state index contributed by atoms with van der Waals surface area (Å²) in [4.78, 5) is 8.79. The van der Waals surface area contributed by atoms with E-state index < -0.39 is 0 Å². The molecule has 0 aliphatic heterocycles. The van der Waals surface area contributed by atoms with Gasteiger partial charge in [0.05, 0.1) is 17.1 Å². The molecule has 18 heavy (non-hydrogen) atoms. The molecular formula is C13H11ClN4. The van der Waals surface area contributed by atoms with Crippen molar-refractivity contribution in [1.82, 2.24) is 14.4 Å². The number of imidazole rings is 1. The minimum absolute atomic E-state index is 0.421. The Morgan fingerprint density at radius 1 is 1.17 bits per heavy atom. The Labute approximate surface area is 109 Å². The van der Waals surface area contributed by atoms with Crippen LogP contribution in [0.25, 0.3) is 17.0 Å². The summed E-state index contributed by atoms with van der Waals surface area (Å²) in [5, 5.41) is 0.421. The van der Waals surface area contributed by atoms with Crippen LogP contribution >= 0.6 is 11.6 Å². The summed E-state index contributed by atoms with van der Waals surface area (Å²) in [6.07, 6.45) is 1.94. The van der Waals surface area contributed by atoms with Gasteiger partial charge < -0.3 is 5.73 Å². The molecule has 3 rings (SSSR count). The molecule has 0 fully saturated rings. The number of aryl methyl sites for hydroxylation is 1. The van der Waals surface area contributed by atoms with Crippen LogP contribution < -0.4 is 5.73 Å². The predicted molar refractivity (Wildman–Crippen MR) is 72.6 cm³/mol. The van der Waals surface area contributed by atoms with Crippen molar-refractivity contribution in [2.45, 2.75) is 6.92 Å². The third-order valence-electron chi connectivity index (χ3n) is 2.82. The van der Waals surface area contributed by atoms with E-state index in [1.807, 2.05) is 35.7 Å². The van der Waals surface area contributed by atoms with Crippen LogP contribution in [0.4, 0.5) is 5.69 Å². The number of fused-ring (bicyclic) bond motifs is 1. The maximum absolute atomic E-state index is 5.98. The first-order chi connectivity index (χ1) is 8.66. The molecule has 0 aromatic carbocycles. The van der Waals surface area contributed by atoms with Crippen LogP contribution in [0.2, 0.25) is 5.15 Å². The normalized spacial score (nSPS) is 11.0. The molecule has 0 unspecified atom stereocenters. The van der Waals surface area contributed by atoms with E-state index >= 15 is 0 Å². The fourth-order valence-electron chi connectivity index (χ4n) is 2.03. The zero-order valence-corrected chi connectivity index (χ0v) is 10.5. The lowest BCUT2D eigenvalue weighted by atomic mass is 10.2. The summed E-state index contributed by atoms with van der Waals surface area (Å²) in [5.41, 5.74) is 9.86. The van der Waals surface area contributed by atoms with Gasteiger partial charge in [0.1, 0.15) is 16.5 Å². The van der Waals surface area contributed by atoms with Gasteiger partial charge in [-0.3, -0.25) is 4.40 Å². The summed E-state index contributed by atoms with van der Waals surface area (Å²) < 4.78 is 1.96. The molecule has 3 aromatic rings. The Morgan fingerprint density at radius 2 is 2.00 bits per heavy atom. The Balaban J connectivity index is 2.37. The van der Waals surface area contributed by atoms with Gasteiger partial charge in [0.15, 0.2) is 0 Å². The van der Waals surface area contributed by atoms with Crippen molar-refractivity contribution >= 4 is 22.9 Å². The molecule has 0 aliphatic carbocycles. The zero-order valence-electron chi connectivity index (χ0n) is 9.76. The molecule has 0 spiro atoms. The molecule has 0 radical (unpaired) electrons. The van der Waals surface area contributed by atoms with Gasteiger partial charge in [0.2, 0.25) is 0 Å². The molecule has 0 saturated heterocycles. The SMILES string of the molecule is Cc1nc2ccccn2c1-c1nc(Cl)ccc1N. The van der Waals surface area contributed by atoms with Crippen molar-refractivity contribution < 1.29 is 0 Å². The molecule has 90 valence electrons. The number of hydrogen-bond acceptors (Lipinski definition) is 3. The van der Waals surface area contributed by atoms with Crippen molar-refractivity contribution in [2.75, 3.05) is 5.73 Å². The summed E-state index contributed by atoms with van der Waals surface area (Å²) >= 11 is 5.94. The number of halogens is 1. The van der Waals surface area contributed by atoms with Crippen molar-refractivity contribution in [2.24, 2.45) is 0 Å². The van der Waals surface area contributed by atoms with Gasteiger partial charge in [-0.1, -0.05) is 17.7 Å². The first kappa shape index (κ1) is 11.0. The Morgan fingerprint density at radius 3 is 2.83 bits per heavy atom. The molecule has 3 heterocycles. The second kappa shape index (κ2) is 3.99. The van der Waals surface area contributed by atoms with Crippen molar-refractivity contribution in [3.8, 4) is 11.4 Å². The fraction of sp³-hybridized carbons (Fsp3) is 0.0769. The topological polar surface area (TPSA) is 56.2 Å². The molecule has 0 amide bonds. The summed E-state index contributed by atoms with van der Waals surface area (Å²) in [6.45, 7) is 1.93. The molecular weight excluding hydrogens is 248 g/mol. The van der Waals surface area contributed by atoms with Gasteiger partial charge >= 0.3 is 0 Å². The Hall–Kier alpha value is -2.07. The first-order valence-electron chi connectivity index (χ1n) is 5.53. The van der Waals surface area contributed by atoms with E-state index in [9.17, 15) is 0 Å². The van der Waals surface area contributed by atoms with E-state index in [0.717, 1.165) is 17.0 Å². The maximum Gasteiger partial charge on any atom is 0.137 e. The number of nitrogen functional groups attached to an aromatic ring is 1. The number of pyridine rings is 2. The van der Waals surface area contributed by atoms with Gasteiger partial charge in [0, 0.05) is 6.20 Å². The lowest BCUT2D eigenvalue weighted by molar-refractivity contribution is 1.16. The first-order valence-corrected chi connectivity index (χ1v) is 5.90. The van der Waals surface area contributed by atoms with Gasteiger partial charge in [-0.2, -0.15) is 0 Å². The highest BCUT2D eigenvalue weighted by Crippen LogP contribution is 2.28. The fourth-order valence-corrected chi connectivity index (χ4v) is 2.18. The summed E-state index contributed by atoms with van der Waals surface area (Å²) in [6, 6.07) is 9.27.